The van der Waals surface area contributed by atoms with Crippen LogP contribution in [0.2, 0.25) is 0 Å². The fourth-order valence-electron chi connectivity index (χ4n) is 1.91. The zero-order valence-electron chi connectivity index (χ0n) is 11.5. The first-order valence-corrected chi connectivity index (χ1v) is 6.94. The van der Waals surface area contributed by atoms with Gasteiger partial charge in [-0.2, -0.15) is 0 Å². The first kappa shape index (κ1) is 14.3. The van der Waals surface area contributed by atoms with Crippen LogP contribution in [0.25, 0.3) is 0 Å². The van der Waals surface area contributed by atoms with E-state index in [2.05, 4.69) is 24.4 Å². The van der Waals surface area contributed by atoms with E-state index >= 15 is 0 Å². The van der Waals surface area contributed by atoms with E-state index < -0.39 is 0 Å². The first-order chi connectivity index (χ1) is 9.29. The van der Waals surface area contributed by atoms with Gasteiger partial charge in [0, 0.05) is 18.2 Å². The smallest absolute Gasteiger partial charge is 0.123 e. The number of nitrogens with one attached hydrogen (secondary N) is 1. The fraction of sp³-hybridized carbons (Fsp3) is 0.600. The predicted octanol–water partition coefficient (Wildman–Crippen LogP) is 1.63. The van der Waals surface area contributed by atoms with Gasteiger partial charge in [0.1, 0.15) is 12.4 Å². The molecule has 106 valence electrons. The second kappa shape index (κ2) is 7.48. The molecular formula is C15H23NO3. The molecule has 1 aliphatic carbocycles. The van der Waals surface area contributed by atoms with Crippen LogP contribution in [-0.2, 0) is 11.3 Å². The van der Waals surface area contributed by atoms with Crippen molar-refractivity contribution in [2.75, 3.05) is 26.4 Å². The van der Waals surface area contributed by atoms with Gasteiger partial charge in [-0.3, -0.25) is 0 Å². The van der Waals surface area contributed by atoms with Crippen molar-refractivity contribution >= 4 is 0 Å². The van der Waals surface area contributed by atoms with E-state index in [0.29, 0.717) is 25.9 Å². The second-order valence-corrected chi connectivity index (χ2v) is 4.95. The number of hydrogen-bond acceptors (Lipinski definition) is 4. The number of aliphatic hydroxyl groups excluding tert-OH is 1. The molecule has 0 amide bonds. The molecule has 0 atom stereocenters. The molecule has 2 N–H and O–H groups in total. The average molecular weight is 265 g/mol. The molecule has 4 nitrogen and oxygen atoms in total. The van der Waals surface area contributed by atoms with Crippen molar-refractivity contribution in [3.63, 3.8) is 0 Å². The molecule has 2 rings (SSSR count). The van der Waals surface area contributed by atoms with Crippen molar-refractivity contribution < 1.29 is 14.6 Å². The van der Waals surface area contributed by atoms with Gasteiger partial charge in [-0.05, 0) is 25.8 Å². The van der Waals surface area contributed by atoms with Gasteiger partial charge < -0.3 is 19.9 Å². The Labute approximate surface area is 114 Å². The average Bonchev–Trinajstić information content (AvgIpc) is 3.22. The third-order valence-electron chi connectivity index (χ3n) is 3.10. The van der Waals surface area contributed by atoms with Gasteiger partial charge in [0.25, 0.3) is 0 Å². The summed E-state index contributed by atoms with van der Waals surface area (Å²) in [6.07, 6.45) is 2.58. The predicted molar refractivity (Wildman–Crippen MR) is 74.4 cm³/mol. The summed E-state index contributed by atoms with van der Waals surface area (Å²) < 4.78 is 10.9. The molecule has 1 fully saturated rings. The Bertz CT molecular complexity index is 391. The third-order valence-corrected chi connectivity index (χ3v) is 3.10. The largest absolute Gasteiger partial charge is 0.491 e. The summed E-state index contributed by atoms with van der Waals surface area (Å²) in [5.74, 6) is 0.923. The number of benzene rings is 1. The number of rotatable bonds is 9. The normalized spacial score (nSPS) is 14.6. The zero-order valence-corrected chi connectivity index (χ0v) is 11.5. The SMILES string of the molecule is Cc1ccc(OCCOCCO)c(CNC2CC2)c1. The van der Waals surface area contributed by atoms with E-state index in [0.717, 1.165) is 12.3 Å². The Morgan fingerprint density at radius 2 is 2.11 bits per heavy atom. The Balaban J connectivity index is 1.82. The molecule has 1 saturated carbocycles. The van der Waals surface area contributed by atoms with E-state index in [1.807, 2.05) is 6.07 Å². The van der Waals surface area contributed by atoms with E-state index in [4.69, 9.17) is 14.6 Å². The summed E-state index contributed by atoms with van der Waals surface area (Å²) in [6.45, 7) is 4.39. The zero-order chi connectivity index (χ0) is 13.5. The van der Waals surface area contributed by atoms with Crippen LogP contribution in [0.15, 0.2) is 18.2 Å². The molecular weight excluding hydrogens is 242 g/mol. The minimum atomic E-state index is 0.0566. The highest BCUT2D eigenvalue weighted by molar-refractivity contribution is 5.37. The number of ether oxygens (including phenoxy) is 2. The summed E-state index contributed by atoms with van der Waals surface area (Å²) >= 11 is 0. The summed E-state index contributed by atoms with van der Waals surface area (Å²) in [6, 6.07) is 6.94. The summed E-state index contributed by atoms with van der Waals surface area (Å²) in [5.41, 5.74) is 2.45. The third kappa shape index (κ3) is 5.19. The molecule has 1 aromatic carbocycles. The van der Waals surface area contributed by atoms with Gasteiger partial charge >= 0.3 is 0 Å². The first-order valence-electron chi connectivity index (χ1n) is 6.94. The maximum Gasteiger partial charge on any atom is 0.123 e. The maximum absolute atomic E-state index is 8.61. The van der Waals surface area contributed by atoms with E-state index in [1.54, 1.807) is 0 Å². The Hall–Kier alpha value is -1.10. The summed E-state index contributed by atoms with van der Waals surface area (Å²) in [4.78, 5) is 0. The van der Waals surface area contributed by atoms with Crippen LogP contribution in [0.1, 0.15) is 24.0 Å². The second-order valence-electron chi connectivity index (χ2n) is 4.95. The van der Waals surface area contributed by atoms with E-state index in [-0.39, 0.29) is 6.61 Å². The lowest BCUT2D eigenvalue weighted by Gasteiger charge is -2.13. The van der Waals surface area contributed by atoms with Crippen LogP contribution >= 0.6 is 0 Å². The van der Waals surface area contributed by atoms with Gasteiger partial charge in [0.05, 0.1) is 19.8 Å². The van der Waals surface area contributed by atoms with Gasteiger partial charge in [0.2, 0.25) is 0 Å². The van der Waals surface area contributed by atoms with Crippen LogP contribution in [-0.4, -0.2) is 37.6 Å². The van der Waals surface area contributed by atoms with Crippen LogP contribution in [0.5, 0.6) is 5.75 Å². The topological polar surface area (TPSA) is 50.7 Å². The van der Waals surface area contributed by atoms with Gasteiger partial charge in [-0.1, -0.05) is 17.7 Å². The highest BCUT2D eigenvalue weighted by Gasteiger charge is 2.20. The molecule has 0 spiro atoms. The molecule has 1 aliphatic rings. The summed E-state index contributed by atoms with van der Waals surface area (Å²) in [5, 5.41) is 12.1. The van der Waals surface area contributed by atoms with Crippen LogP contribution in [0, 0.1) is 6.92 Å². The lowest BCUT2D eigenvalue weighted by atomic mass is 10.1. The molecule has 19 heavy (non-hydrogen) atoms. The Morgan fingerprint density at radius 1 is 1.26 bits per heavy atom. The minimum Gasteiger partial charge on any atom is -0.491 e. The molecule has 0 unspecified atom stereocenters. The highest BCUT2D eigenvalue weighted by Crippen LogP contribution is 2.23. The molecule has 0 heterocycles. The van der Waals surface area contributed by atoms with Gasteiger partial charge in [-0.25, -0.2) is 0 Å². The minimum absolute atomic E-state index is 0.0566. The van der Waals surface area contributed by atoms with Crippen LogP contribution < -0.4 is 10.1 Å². The van der Waals surface area contributed by atoms with E-state index in [1.165, 1.54) is 24.0 Å². The number of aryl methyl sites for hydroxylation is 1. The highest BCUT2D eigenvalue weighted by atomic mass is 16.5. The molecule has 0 bridgehead atoms. The fourth-order valence-corrected chi connectivity index (χ4v) is 1.91. The maximum atomic E-state index is 8.61. The molecule has 4 heteroatoms. The van der Waals surface area contributed by atoms with E-state index in [9.17, 15) is 0 Å². The molecule has 1 aromatic rings. The number of hydrogen-bond donors (Lipinski definition) is 2. The standard InChI is InChI=1S/C15H23NO3/c1-12-2-5-15(19-9-8-18-7-6-17)13(10-12)11-16-14-3-4-14/h2,5,10,14,16-17H,3-4,6-9,11H2,1H3. The van der Waals surface area contributed by atoms with Crippen molar-refractivity contribution in [3.05, 3.63) is 29.3 Å². The molecule has 0 saturated heterocycles. The van der Waals surface area contributed by atoms with Crippen molar-refractivity contribution in [1.82, 2.24) is 5.32 Å². The lowest BCUT2D eigenvalue weighted by molar-refractivity contribution is 0.0703. The Kier molecular flexibility index (Phi) is 5.63. The van der Waals surface area contributed by atoms with Crippen LogP contribution in [0.3, 0.4) is 0 Å². The molecule has 0 radical (unpaired) electrons. The van der Waals surface area contributed by atoms with Gasteiger partial charge in [0.15, 0.2) is 0 Å². The van der Waals surface area contributed by atoms with Crippen molar-refractivity contribution in [3.8, 4) is 5.75 Å². The van der Waals surface area contributed by atoms with Crippen molar-refractivity contribution in [1.29, 1.82) is 0 Å². The van der Waals surface area contributed by atoms with Crippen molar-refractivity contribution in [2.45, 2.75) is 32.4 Å². The quantitative estimate of drug-likeness (QED) is 0.666. The molecule has 0 aliphatic heterocycles. The van der Waals surface area contributed by atoms with Crippen LogP contribution in [0.4, 0.5) is 0 Å². The monoisotopic (exact) mass is 265 g/mol. The lowest BCUT2D eigenvalue weighted by Crippen LogP contribution is -2.17. The van der Waals surface area contributed by atoms with Gasteiger partial charge in [-0.15, -0.1) is 0 Å². The Morgan fingerprint density at radius 3 is 2.84 bits per heavy atom. The summed E-state index contributed by atoms with van der Waals surface area (Å²) in [7, 11) is 0. The molecule has 0 aromatic heterocycles. The van der Waals surface area contributed by atoms with Crippen molar-refractivity contribution in [2.24, 2.45) is 0 Å². The number of aliphatic hydroxyl groups is 1.